The zero-order valence-corrected chi connectivity index (χ0v) is 10.2. The summed E-state index contributed by atoms with van der Waals surface area (Å²) in [6.07, 6.45) is 1.97. The van der Waals surface area contributed by atoms with Crippen molar-refractivity contribution >= 4 is 17.6 Å². The van der Waals surface area contributed by atoms with Crippen molar-refractivity contribution in [3.05, 3.63) is 42.5 Å². The number of benzene rings is 1. The van der Waals surface area contributed by atoms with Crippen molar-refractivity contribution in [3.63, 3.8) is 0 Å². The van der Waals surface area contributed by atoms with E-state index < -0.39 is 12.0 Å². The average molecular weight is 248 g/mol. The minimum Gasteiger partial charge on any atom is -0.465 e. The van der Waals surface area contributed by atoms with E-state index in [1.807, 2.05) is 0 Å². The second-order valence-corrected chi connectivity index (χ2v) is 3.69. The van der Waals surface area contributed by atoms with Crippen LogP contribution < -0.4 is 11.1 Å². The van der Waals surface area contributed by atoms with Gasteiger partial charge in [0, 0.05) is 5.69 Å². The lowest BCUT2D eigenvalue weighted by Crippen LogP contribution is -2.35. The molecule has 0 saturated heterocycles. The van der Waals surface area contributed by atoms with Gasteiger partial charge >= 0.3 is 5.97 Å². The van der Waals surface area contributed by atoms with Crippen molar-refractivity contribution in [2.24, 2.45) is 5.73 Å². The van der Waals surface area contributed by atoms with Crippen molar-refractivity contribution in [2.75, 3.05) is 12.4 Å². The topological polar surface area (TPSA) is 81.4 Å². The van der Waals surface area contributed by atoms with Crippen LogP contribution in [0.4, 0.5) is 5.69 Å². The van der Waals surface area contributed by atoms with E-state index in [0.29, 0.717) is 17.7 Å². The van der Waals surface area contributed by atoms with E-state index >= 15 is 0 Å². The largest absolute Gasteiger partial charge is 0.465 e. The summed E-state index contributed by atoms with van der Waals surface area (Å²) in [5, 5.41) is 2.63. The van der Waals surface area contributed by atoms with Gasteiger partial charge in [-0.1, -0.05) is 12.1 Å². The Balaban J connectivity index is 2.76. The second kappa shape index (κ2) is 6.56. The molecule has 0 radical (unpaired) electrons. The van der Waals surface area contributed by atoms with Gasteiger partial charge in [-0.25, -0.2) is 4.79 Å². The molecular weight excluding hydrogens is 232 g/mol. The van der Waals surface area contributed by atoms with Gasteiger partial charge < -0.3 is 15.8 Å². The minimum absolute atomic E-state index is 0.322. The molecule has 0 spiro atoms. The molecule has 1 amide bonds. The Hall–Kier alpha value is -2.14. The lowest BCUT2D eigenvalue weighted by Gasteiger charge is -2.10. The van der Waals surface area contributed by atoms with Gasteiger partial charge in [-0.05, 0) is 24.6 Å². The van der Waals surface area contributed by atoms with Crippen LogP contribution in [0.25, 0.3) is 0 Å². The molecule has 0 fully saturated rings. The van der Waals surface area contributed by atoms with Crippen LogP contribution >= 0.6 is 0 Å². The molecule has 0 aliphatic carbocycles. The first-order valence-electron chi connectivity index (χ1n) is 5.44. The second-order valence-electron chi connectivity index (χ2n) is 3.69. The highest BCUT2D eigenvalue weighted by molar-refractivity contribution is 5.96. The maximum Gasteiger partial charge on any atom is 0.337 e. The maximum atomic E-state index is 11.7. The molecule has 0 aromatic heterocycles. The van der Waals surface area contributed by atoms with Crippen LogP contribution in [-0.4, -0.2) is 25.0 Å². The highest BCUT2D eigenvalue weighted by Crippen LogP contribution is 2.12. The number of amides is 1. The SMILES string of the molecule is C=CCC(N)C(=O)Nc1cccc(C(=O)OC)c1. The fourth-order valence-electron chi connectivity index (χ4n) is 1.36. The van der Waals surface area contributed by atoms with E-state index in [4.69, 9.17) is 5.73 Å². The lowest BCUT2D eigenvalue weighted by atomic mass is 10.1. The van der Waals surface area contributed by atoms with E-state index in [9.17, 15) is 9.59 Å². The van der Waals surface area contributed by atoms with Crippen molar-refractivity contribution in [1.29, 1.82) is 0 Å². The molecule has 3 N–H and O–H groups in total. The minimum atomic E-state index is -0.649. The zero-order chi connectivity index (χ0) is 13.5. The molecule has 96 valence electrons. The Morgan fingerprint density at radius 1 is 1.56 bits per heavy atom. The highest BCUT2D eigenvalue weighted by Gasteiger charge is 2.12. The number of methoxy groups -OCH3 is 1. The number of carbonyl (C=O) groups is 2. The predicted octanol–water partition coefficient (Wildman–Crippen LogP) is 1.32. The Kier molecular flexibility index (Phi) is 5.07. The van der Waals surface area contributed by atoms with Crippen LogP contribution in [0, 0.1) is 0 Å². The summed E-state index contributed by atoms with van der Waals surface area (Å²) in [5.41, 5.74) is 6.50. The molecule has 5 nitrogen and oxygen atoms in total. The first-order valence-corrected chi connectivity index (χ1v) is 5.44. The summed E-state index contributed by atoms with van der Waals surface area (Å²) in [4.78, 5) is 23.0. The van der Waals surface area contributed by atoms with E-state index in [0.717, 1.165) is 0 Å². The number of hydrogen-bond acceptors (Lipinski definition) is 4. The van der Waals surface area contributed by atoms with Gasteiger partial charge in [-0.15, -0.1) is 6.58 Å². The summed E-state index contributed by atoms with van der Waals surface area (Å²) in [6, 6.07) is 5.81. The fraction of sp³-hybridized carbons (Fsp3) is 0.231. The Bertz CT molecular complexity index is 457. The average Bonchev–Trinajstić information content (AvgIpc) is 2.38. The van der Waals surface area contributed by atoms with Gasteiger partial charge in [0.2, 0.25) is 5.91 Å². The van der Waals surface area contributed by atoms with Crippen LogP contribution in [0.3, 0.4) is 0 Å². The summed E-state index contributed by atoms with van der Waals surface area (Å²) in [5.74, 6) is -0.779. The number of rotatable bonds is 5. The molecule has 1 aromatic carbocycles. The number of nitrogens with one attached hydrogen (secondary N) is 1. The first-order chi connectivity index (χ1) is 8.58. The van der Waals surface area contributed by atoms with Crippen molar-refractivity contribution in [1.82, 2.24) is 0 Å². The zero-order valence-electron chi connectivity index (χ0n) is 10.2. The quantitative estimate of drug-likeness (QED) is 0.608. The predicted molar refractivity (Wildman–Crippen MR) is 69.2 cm³/mol. The molecule has 1 unspecified atom stereocenters. The third-order valence-corrected chi connectivity index (χ3v) is 2.31. The lowest BCUT2D eigenvalue weighted by molar-refractivity contribution is -0.117. The van der Waals surface area contributed by atoms with Gasteiger partial charge in [0.05, 0.1) is 18.7 Å². The third-order valence-electron chi connectivity index (χ3n) is 2.31. The van der Waals surface area contributed by atoms with Gasteiger partial charge in [-0.3, -0.25) is 4.79 Å². The smallest absolute Gasteiger partial charge is 0.337 e. The highest BCUT2D eigenvalue weighted by atomic mass is 16.5. The normalized spacial score (nSPS) is 11.4. The molecule has 0 aliphatic rings. The standard InChI is InChI=1S/C13H16N2O3/c1-3-5-11(14)12(16)15-10-7-4-6-9(8-10)13(17)18-2/h3-4,6-8,11H,1,5,14H2,2H3,(H,15,16). The summed E-state index contributed by atoms with van der Waals surface area (Å²) in [6.45, 7) is 3.52. The van der Waals surface area contributed by atoms with Crippen LogP contribution in [-0.2, 0) is 9.53 Å². The molecule has 0 aliphatic heterocycles. The number of carbonyl (C=O) groups excluding carboxylic acids is 2. The Labute approximate surface area is 106 Å². The molecule has 1 aromatic rings. The van der Waals surface area contributed by atoms with Crippen molar-refractivity contribution in [2.45, 2.75) is 12.5 Å². The van der Waals surface area contributed by atoms with E-state index in [2.05, 4.69) is 16.6 Å². The molecule has 1 rings (SSSR count). The van der Waals surface area contributed by atoms with Crippen molar-refractivity contribution < 1.29 is 14.3 Å². The van der Waals surface area contributed by atoms with Gasteiger partial charge in [0.25, 0.3) is 0 Å². The number of anilines is 1. The number of hydrogen-bond donors (Lipinski definition) is 2. The van der Waals surface area contributed by atoms with Gasteiger partial charge in [0.1, 0.15) is 0 Å². The van der Waals surface area contributed by atoms with E-state index in [-0.39, 0.29) is 5.91 Å². The van der Waals surface area contributed by atoms with Crippen molar-refractivity contribution in [3.8, 4) is 0 Å². The molecule has 0 heterocycles. The fourth-order valence-corrected chi connectivity index (χ4v) is 1.36. The number of ether oxygens (including phenoxy) is 1. The molecule has 1 atom stereocenters. The van der Waals surface area contributed by atoms with Gasteiger partial charge in [0.15, 0.2) is 0 Å². The van der Waals surface area contributed by atoms with Gasteiger partial charge in [-0.2, -0.15) is 0 Å². The Morgan fingerprint density at radius 2 is 2.28 bits per heavy atom. The van der Waals surface area contributed by atoms with Crippen LogP contribution in [0.2, 0.25) is 0 Å². The molecule has 0 saturated carbocycles. The summed E-state index contributed by atoms with van der Waals surface area (Å²) >= 11 is 0. The van der Waals surface area contributed by atoms with E-state index in [1.165, 1.54) is 13.2 Å². The number of nitrogens with two attached hydrogens (primary N) is 1. The molecule has 18 heavy (non-hydrogen) atoms. The third kappa shape index (κ3) is 3.71. The Morgan fingerprint density at radius 3 is 2.89 bits per heavy atom. The van der Waals surface area contributed by atoms with E-state index in [1.54, 1.807) is 24.3 Å². The van der Waals surface area contributed by atoms with Crippen LogP contribution in [0.1, 0.15) is 16.8 Å². The summed E-state index contributed by atoms with van der Waals surface area (Å²) in [7, 11) is 1.30. The molecule has 0 bridgehead atoms. The monoisotopic (exact) mass is 248 g/mol. The van der Waals surface area contributed by atoms with Crippen LogP contribution in [0.15, 0.2) is 36.9 Å². The summed E-state index contributed by atoms with van der Waals surface area (Å²) < 4.78 is 4.59. The first kappa shape index (κ1) is 13.9. The molecular formula is C13H16N2O3. The number of esters is 1. The molecule has 5 heteroatoms. The maximum absolute atomic E-state index is 11.7. The van der Waals surface area contributed by atoms with Crippen LogP contribution in [0.5, 0.6) is 0 Å².